The number of hydrogen-bond donors (Lipinski definition) is 0. The summed E-state index contributed by atoms with van der Waals surface area (Å²) in [6.07, 6.45) is 0.750. The standard InChI is InChI=1S/C4H8O2.C3H7NO.C3H6O/c1-3-6-4(2)5;1-4(2)3-5;1-3(2)4/h3H2,1-2H3;3H,1-2H3;1-2H3. The number of amides is 1. The molecular formula is C10H21NO4. The topological polar surface area (TPSA) is 63.7 Å². The summed E-state index contributed by atoms with van der Waals surface area (Å²) in [6.45, 7) is 6.71. The Bertz CT molecular complexity index is 174. The van der Waals surface area contributed by atoms with Gasteiger partial charge in [0.1, 0.15) is 5.78 Å². The molecule has 0 heterocycles. The number of hydrogen-bond acceptors (Lipinski definition) is 4. The summed E-state index contributed by atoms with van der Waals surface area (Å²) in [7, 11) is 3.38. The van der Waals surface area contributed by atoms with Gasteiger partial charge < -0.3 is 14.4 Å². The molecule has 0 saturated carbocycles. The van der Waals surface area contributed by atoms with Crippen LogP contribution in [-0.4, -0.2) is 43.8 Å². The van der Waals surface area contributed by atoms with Crippen LogP contribution in [0.15, 0.2) is 0 Å². The fourth-order valence-electron chi connectivity index (χ4n) is 0.203. The molecule has 0 rings (SSSR count). The second-order valence-electron chi connectivity index (χ2n) is 2.90. The minimum atomic E-state index is -0.211. The number of Topliss-reactive ketones (excluding diaryl/α,β-unsaturated/α-hetero) is 1. The molecule has 0 aromatic rings. The Morgan fingerprint density at radius 1 is 1.20 bits per heavy atom. The Kier molecular flexibility index (Phi) is 19.4. The van der Waals surface area contributed by atoms with Gasteiger partial charge in [-0.15, -0.1) is 0 Å². The van der Waals surface area contributed by atoms with E-state index in [4.69, 9.17) is 0 Å². The van der Waals surface area contributed by atoms with Crippen LogP contribution in [-0.2, 0) is 19.1 Å². The predicted molar refractivity (Wildman–Crippen MR) is 58.4 cm³/mol. The van der Waals surface area contributed by atoms with Gasteiger partial charge in [0.25, 0.3) is 0 Å². The minimum absolute atomic E-state index is 0.167. The van der Waals surface area contributed by atoms with Crippen LogP contribution in [0, 0.1) is 0 Å². The van der Waals surface area contributed by atoms with Crippen LogP contribution >= 0.6 is 0 Å². The zero-order valence-electron chi connectivity index (χ0n) is 10.4. The first kappa shape index (κ1) is 19.2. The molecule has 5 nitrogen and oxygen atoms in total. The second-order valence-corrected chi connectivity index (χ2v) is 2.90. The molecule has 0 bridgehead atoms. The Morgan fingerprint density at radius 3 is 1.47 bits per heavy atom. The van der Waals surface area contributed by atoms with Crippen molar-refractivity contribution in [2.24, 2.45) is 0 Å². The number of ketones is 1. The summed E-state index contributed by atoms with van der Waals surface area (Å²) in [5.41, 5.74) is 0. The molecule has 1 amide bonds. The molecule has 0 aromatic heterocycles. The summed E-state index contributed by atoms with van der Waals surface area (Å²) in [6, 6.07) is 0. The Morgan fingerprint density at radius 2 is 1.47 bits per heavy atom. The number of esters is 1. The maximum atomic E-state index is 9.82. The van der Waals surface area contributed by atoms with E-state index in [1.807, 2.05) is 0 Å². The van der Waals surface area contributed by atoms with Gasteiger partial charge in [0, 0.05) is 21.0 Å². The average molecular weight is 219 g/mol. The maximum Gasteiger partial charge on any atom is 0.302 e. The Balaban J connectivity index is -0.000000147. The predicted octanol–water partition coefficient (Wildman–Crippen LogP) is 0.869. The molecule has 0 aliphatic rings. The number of carbonyl (C=O) groups excluding carboxylic acids is 3. The molecule has 0 fully saturated rings. The third kappa shape index (κ3) is 109. The molecular weight excluding hydrogens is 198 g/mol. The average Bonchev–Trinajstić information content (AvgIpc) is 2.03. The van der Waals surface area contributed by atoms with Gasteiger partial charge in [-0.2, -0.15) is 0 Å². The monoisotopic (exact) mass is 219 g/mol. The summed E-state index contributed by atoms with van der Waals surface area (Å²) >= 11 is 0. The molecule has 0 unspecified atom stereocenters. The van der Waals surface area contributed by atoms with Crippen LogP contribution in [0.2, 0.25) is 0 Å². The third-order valence-corrected chi connectivity index (χ3v) is 0.558. The van der Waals surface area contributed by atoms with Gasteiger partial charge in [-0.25, -0.2) is 0 Å². The van der Waals surface area contributed by atoms with E-state index in [9.17, 15) is 14.4 Å². The van der Waals surface area contributed by atoms with E-state index in [0.29, 0.717) is 6.61 Å². The van der Waals surface area contributed by atoms with Crippen molar-refractivity contribution in [1.82, 2.24) is 4.90 Å². The molecule has 0 N–H and O–H groups in total. The number of ether oxygens (including phenoxy) is 1. The lowest BCUT2D eigenvalue weighted by molar-refractivity contribution is -0.140. The fraction of sp³-hybridized carbons (Fsp3) is 0.700. The highest BCUT2D eigenvalue weighted by Crippen LogP contribution is 1.69. The lowest BCUT2D eigenvalue weighted by Gasteiger charge is -1.93. The number of rotatable bonds is 2. The first-order chi connectivity index (χ1) is 6.77. The summed E-state index contributed by atoms with van der Waals surface area (Å²) in [5, 5.41) is 0. The number of nitrogens with zero attached hydrogens (tertiary/aromatic N) is 1. The van der Waals surface area contributed by atoms with E-state index in [1.54, 1.807) is 21.0 Å². The van der Waals surface area contributed by atoms with E-state index in [2.05, 4.69) is 4.74 Å². The molecule has 0 aliphatic heterocycles. The van der Waals surface area contributed by atoms with Crippen LogP contribution in [0.5, 0.6) is 0 Å². The maximum absolute atomic E-state index is 9.82. The molecule has 0 aromatic carbocycles. The van der Waals surface area contributed by atoms with Crippen LogP contribution in [0.25, 0.3) is 0 Å². The molecule has 0 spiro atoms. The normalized spacial score (nSPS) is 7.07. The second kappa shape index (κ2) is 15.1. The number of carbonyl (C=O) groups is 3. The largest absolute Gasteiger partial charge is 0.466 e. The van der Waals surface area contributed by atoms with Crippen molar-refractivity contribution in [2.45, 2.75) is 27.7 Å². The molecule has 90 valence electrons. The zero-order chi connectivity index (χ0) is 12.9. The first-order valence-electron chi connectivity index (χ1n) is 4.50. The highest BCUT2D eigenvalue weighted by atomic mass is 16.5. The molecule has 5 heteroatoms. The van der Waals surface area contributed by atoms with Gasteiger partial charge in [-0.05, 0) is 20.8 Å². The quantitative estimate of drug-likeness (QED) is 0.510. The van der Waals surface area contributed by atoms with Gasteiger partial charge >= 0.3 is 5.97 Å². The van der Waals surface area contributed by atoms with Crippen LogP contribution in [0.1, 0.15) is 27.7 Å². The van der Waals surface area contributed by atoms with Crippen molar-refractivity contribution < 1.29 is 19.1 Å². The molecule has 0 saturated heterocycles. The smallest absolute Gasteiger partial charge is 0.302 e. The van der Waals surface area contributed by atoms with Gasteiger partial charge in [-0.1, -0.05) is 0 Å². The molecule has 15 heavy (non-hydrogen) atoms. The summed E-state index contributed by atoms with van der Waals surface area (Å²) < 4.78 is 4.40. The summed E-state index contributed by atoms with van der Waals surface area (Å²) in [4.78, 5) is 30.1. The Hall–Kier alpha value is -1.39. The van der Waals surface area contributed by atoms with E-state index >= 15 is 0 Å². The lowest BCUT2D eigenvalue weighted by Crippen LogP contribution is -2.06. The van der Waals surface area contributed by atoms with Crippen LogP contribution in [0.3, 0.4) is 0 Å². The minimum Gasteiger partial charge on any atom is -0.466 e. The van der Waals surface area contributed by atoms with Gasteiger partial charge in [-0.3, -0.25) is 9.59 Å². The highest BCUT2D eigenvalue weighted by molar-refractivity contribution is 5.72. The van der Waals surface area contributed by atoms with Gasteiger partial charge in [0.15, 0.2) is 0 Å². The van der Waals surface area contributed by atoms with Gasteiger partial charge in [0.2, 0.25) is 6.41 Å². The summed E-state index contributed by atoms with van der Waals surface area (Å²) in [5.74, 6) is -0.0440. The van der Waals surface area contributed by atoms with E-state index < -0.39 is 0 Å². The van der Waals surface area contributed by atoms with E-state index in [0.717, 1.165) is 6.41 Å². The van der Waals surface area contributed by atoms with E-state index in [-0.39, 0.29) is 11.8 Å². The van der Waals surface area contributed by atoms with Crippen molar-refractivity contribution in [3.63, 3.8) is 0 Å². The van der Waals surface area contributed by atoms with Crippen LogP contribution in [0.4, 0.5) is 0 Å². The SMILES string of the molecule is CC(C)=O.CCOC(C)=O.CN(C)C=O. The van der Waals surface area contributed by atoms with Crippen molar-refractivity contribution in [2.75, 3.05) is 20.7 Å². The lowest BCUT2D eigenvalue weighted by atomic mass is 10.6. The highest BCUT2D eigenvalue weighted by Gasteiger charge is 1.81. The van der Waals surface area contributed by atoms with Crippen molar-refractivity contribution >= 4 is 18.2 Å². The van der Waals surface area contributed by atoms with Crippen molar-refractivity contribution in [1.29, 1.82) is 0 Å². The van der Waals surface area contributed by atoms with Crippen molar-refractivity contribution in [3.8, 4) is 0 Å². The van der Waals surface area contributed by atoms with E-state index in [1.165, 1.54) is 25.7 Å². The first-order valence-corrected chi connectivity index (χ1v) is 4.50. The Labute approximate surface area is 91.4 Å². The third-order valence-electron chi connectivity index (χ3n) is 0.558. The molecule has 0 atom stereocenters. The van der Waals surface area contributed by atoms with Crippen LogP contribution < -0.4 is 0 Å². The fourth-order valence-corrected chi connectivity index (χ4v) is 0.203. The molecule has 0 radical (unpaired) electrons. The van der Waals surface area contributed by atoms with Gasteiger partial charge in [0.05, 0.1) is 6.61 Å². The van der Waals surface area contributed by atoms with Crippen molar-refractivity contribution in [3.05, 3.63) is 0 Å². The molecule has 0 aliphatic carbocycles. The zero-order valence-corrected chi connectivity index (χ0v) is 10.4.